The summed E-state index contributed by atoms with van der Waals surface area (Å²) in [4.78, 5) is 16.0. The molecule has 15 heavy (non-hydrogen) atoms. The van der Waals surface area contributed by atoms with Gasteiger partial charge in [0, 0.05) is 6.20 Å². The molecule has 0 aliphatic carbocycles. The van der Waals surface area contributed by atoms with Gasteiger partial charge in [0.1, 0.15) is 0 Å². The number of furan rings is 1. The molecule has 1 atom stereocenters. The number of pyridine rings is 1. The van der Waals surface area contributed by atoms with Gasteiger partial charge >= 0.3 is 0 Å². The molecule has 76 valence electrons. The minimum absolute atomic E-state index is 0.0429. The highest BCUT2D eigenvalue weighted by Gasteiger charge is 2.19. The van der Waals surface area contributed by atoms with Crippen LogP contribution in [-0.4, -0.2) is 10.8 Å². The Hall–Kier alpha value is -1.90. The van der Waals surface area contributed by atoms with Crippen LogP contribution in [-0.2, 0) is 0 Å². The number of aromatic nitrogens is 1. The first-order chi connectivity index (χ1) is 7.29. The van der Waals surface area contributed by atoms with Crippen LogP contribution in [0.1, 0.15) is 29.1 Å². The standard InChI is InChI=1S/C12H11NO2/c1-9(10-5-2-3-7-13-10)12(14)11-6-4-8-15-11/h2-9H,1H3. The van der Waals surface area contributed by atoms with Crippen LogP contribution in [0.3, 0.4) is 0 Å². The molecular weight excluding hydrogens is 190 g/mol. The summed E-state index contributed by atoms with van der Waals surface area (Å²) in [6, 6.07) is 8.91. The molecule has 0 fully saturated rings. The summed E-state index contributed by atoms with van der Waals surface area (Å²) < 4.78 is 5.06. The molecule has 0 spiro atoms. The Bertz CT molecular complexity index is 434. The molecule has 2 heterocycles. The van der Waals surface area contributed by atoms with Gasteiger partial charge in [-0.1, -0.05) is 6.07 Å². The van der Waals surface area contributed by atoms with Gasteiger partial charge in [-0.3, -0.25) is 9.78 Å². The number of nitrogens with zero attached hydrogens (tertiary/aromatic N) is 1. The SMILES string of the molecule is CC(C(=O)c1ccco1)c1ccccn1. The summed E-state index contributed by atoms with van der Waals surface area (Å²) in [6.45, 7) is 1.83. The van der Waals surface area contributed by atoms with Crippen LogP contribution in [0.25, 0.3) is 0 Å². The summed E-state index contributed by atoms with van der Waals surface area (Å²) in [5.74, 6) is 0.0733. The van der Waals surface area contributed by atoms with Crippen molar-refractivity contribution in [1.82, 2.24) is 4.98 Å². The van der Waals surface area contributed by atoms with E-state index in [2.05, 4.69) is 4.98 Å². The van der Waals surface area contributed by atoms with Gasteiger partial charge < -0.3 is 4.42 Å². The second-order valence-electron chi connectivity index (χ2n) is 3.32. The number of ketones is 1. The molecule has 0 radical (unpaired) electrons. The number of Topliss-reactive ketones (excluding diaryl/α,β-unsaturated/α-hetero) is 1. The number of carbonyl (C=O) groups is 1. The molecular formula is C12H11NO2. The molecule has 2 rings (SSSR count). The molecule has 0 saturated heterocycles. The van der Waals surface area contributed by atoms with Gasteiger partial charge in [0.25, 0.3) is 0 Å². The predicted octanol–water partition coefficient (Wildman–Crippen LogP) is 2.66. The quantitative estimate of drug-likeness (QED) is 0.717. The zero-order chi connectivity index (χ0) is 10.7. The Kier molecular flexibility index (Phi) is 2.63. The van der Waals surface area contributed by atoms with Crippen LogP contribution >= 0.6 is 0 Å². The third-order valence-corrected chi connectivity index (χ3v) is 2.29. The Morgan fingerprint density at radius 3 is 2.80 bits per heavy atom. The predicted molar refractivity (Wildman–Crippen MR) is 55.7 cm³/mol. The fourth-order valence-electron chi connectivity index (χ4n) is 1.40. The van der Waals surface area contributed by atoms with Gasteiger partial charge in [0.15, 0.2) is 5.76 Å². The lowest BCUT2D eigenvalue weighted by molar-refractivity contribution is 0.0937. The molecule has 0 amide bonds. The van der Waals surface area contributed by atoms with Gasteiger partial charge in [-0.15, -0.1) is 0 Å². The second kappa shape index (κ2) is 4.09. The summed E-state index contributed by atoms with van der Waals surface area (Å²) in [5, 5.41) is 0. The number of hydrogen-bond acceptors (Lipinski definition) is 3. The molecule has 2 aromatic heterocycles. The lowest BCUT2D eigenvalue weighted by Crippen LogP contribution is -2.09. The Morgan fingerprint density at radius 2 is 2.20 bits per heavy atom. The zero-order valence-corrected chi connectivity index (χ0v) is 8.38. The number of rotatable bonds is 3. The van der Waals surface area contributed by atoms with Crippen molar-refractivity contribution in [2.45, 2.75) is 12.8 Å². The summed E-state index contributed by atoms with van der Waals surface area (Å²) in [6.07, 6.45) is 3.18. The third-order valence-electron chi connectivity index (χ3n) is 2.29. The van der Waals surface area contributed by atoms with Crippen molar-refractivity contribution < 1.29 is 9.21 Å². The summed E-state index contributed by atoms with van der Waals surface area (Å²) in [5.41, 5.74) is 0.763. The molecule has 3 nitrogen and oxygen atoms in total. The highest BCUT2D eigenvalue weighted by molar-refractivity contribution is 5.98. The van der Waals surface area contributed by atoms with E-state index in [1.807, 2.05) is 25.1 Å². The molecule has 3 heteroatoms. The Labute approximate surface area is 87.8 Å². The van der Waals surface area contributed by atoms with E-state index >= 15 is 0 Å². The molecule has 2 aromatic rings. The molecule has 0 aliphatic heterocycles. The highest BCUT2D eigenvalue weighted by atomic mass is 16.3. The van der Waals surface area contributed by atoms with E-state index in [1.165, 1.54) is 6.26 Å². The maximum absolute atomic E-state index is 11.9. The van der Waals surface area contributed by atoms with Crippen LogP contribution in [0.2, 0.25) is 0 Å². The lowest BCUT2D eigenvalue weighted by Gasteiger charge is -2.06. The third kappa shape index (κ3) is 1.96. The van der Waals surface area contributed by atoms with Crippen molar-refractivity contribution in [2.24, 2.45) is 0 Å². The zero-order valence-electron chi connectivity index (χ0n) is 8.38. The summed E-state index contributed by atoms with van der Waals surface area (Å²) in [7, 11) is 0. The average molecular weight is 201 g/mol. The fraction of sp³-hybridized carbons (Fsp3) is 0.167. The largest absolute Gasteiger partial charge is 0.461 e. The van der Waals surface area contributed by atoms with Crippen molar-refractivity contribution in [3.63, 3.8) is 0 Å². The monoisotopic (exact) mass is 201 g/mol. The van der Waals surface area contributed by atoms with Gasteiger partial charge in [0.05, 0.1) is 17.9 Å². The molecule has 0 bridgehead atoms. The maximum atomic E-state index is 11.9. The smallest absolute Gasteiger partial charge is 0.206 e. The van der Waals surface area contributed by atoms with Gasteiger partial charge in [-0.05, 0) is 31.2 Å². The first kappa shape index (κ1) is 9.65. The Morgan fingerprint density at radius 1 is 1.33 bits per heavy atom. The maximum Gasteiger partial charge on any atom is 0.206 e. The van der Waals surface area contributed by atoms with E-state index < -0.39 is 0 Å². The average Bonchev–Trinajstić information content (AvgIpc) is 2.82. The van der Waals surface area contributed by atoms with Gasteiger partial charge in [-0.2, -0.15) is 0 Å². The minimum atomic E-state index is -0.266. The molecule has 0 aliphatic rings. The van der Waals surface area contributed by atoms with Crippen molar-refractivity contribution in [2.75, 3.05) is 0 Å². The van der Waals surface area contributed by atoms with E-state index in [-0.39, 0.29) is 11.7 Å². The van der Waals surface area contributed by atoms with Crippen molar-refractivity contribution in [3.8, 4) is 0 Å². The fourth-order valence-corrected chi connectivity index (χ4v) is 1.40. The first-order valence-electron chi connectivity index (χ1n) is 4.77. The normalized spacial score (nSPS) is 12.3. The van der Waals surface area contributed by atoms with E-state index in [4.69, 9.17) is 4.42 Å². The molecule has 1 unspecified atom stereocenters. The van der Waals surface area contributed by atoms with Crippen molar-refractivity contribution >= 4 is 5.78 Å². The van der Waals surface area contributed by atoms with E-state index in [0.717, 1.165) is 5.69 Å². The first-order valence-corrected chi connectivity index (χ1v) is 4.77. The molecule has 0 aromatic carbocycles. The lowest BCUT2D eigenvalue weighted by atomic mass is 10.0. The van der Waals surface area contributed by atoms with Crippen LogP contribution < -0.4 is 0 Å². The molecule has 0 saturated carbocycles. The topological polar surface area (TPSA) is 43.1 Å². The summed E-state index contributed by atoms with van der Waals surface area (Å²) >= 11 is 0. The Balaban J connectivity index is 2.23. The van der Waals surface area contributed by atoms with Crippen molar-refractivity contribution in [1.29, 1.82) is 0 Å². The number of hydrogen-bond donors (Lipinski definition) is 0. The van der Waals surface area contributed by atoms with Gasteiger partial charge in [0.2, 0.25) is 5.78 Å². The van der Waals surface area contributed by atoms with Gasteiger partial charge in [-0.25, -0.2) is 0 Å². The van der Waals surface area contributed by atoms with Crippen LogP contribution in [0.5, 0.6) is 0 Å². The highest BCUT2D eigenvalue weighted by Crippen LogP contribution is 2.18. The second-order valence-corrected chi connectivity index (χ2v) is 3.32. The van der Waals surface area contributed by atoms with Crippen LogP contribution in [0.4, 0.5) is 0 Å². The minimum Gasteiger partial charge on any atom is -0.461 e. The van der Waals surface area contributed by atoms with Crippen molar-refractivity contribution in [3.05, 3.63) is 54.2 Å². The molecule has 0 N–H and O–H groups in total. The van der Waals surface area contributed by atoms with E-state index in [0.29, 0.717) is 5.76 Å². The van der Waals surface area contributed by atoms with Crippen LogP contribution in [0.15, 0.2) is 47.2 Å². The number of carbonyl (C=O) groups excluding carboxylic acids is 1. The van der Waals surface area contributed by atoms with Crippen LogP contribution in [0, 0.1) is 0 Å². The van der Waals surface area contributed by atoms with E-state index in [9.17, 15) is 4.79 Å². The van der Waals surface area contributed by atoms with E-state index in [1.54, 1.807) is 18.3 Å².